The highest BCUT2D eigenvalue weighted by molar-refractivity contribution is 5.81. The highest BCUT2D eigenvalue weighted by atomic mass is 16.2. The van der Waals surface area contributed by atoms with Crippen LogP contribution in [0.2, 0.25) is 0 Å². The molecule has 0 bridgehead atoms. The average molecular weight is 238 g/mol. The van der Waals surface area contributed by atoms with E-state index < -0.39 is 0 Å². The largest absolute Gasteiger partial charge is 0.358 e. The van der Waals surface area contributed by atoms with Crippen LogP contribution < -0.4 is 10.6 Å². The lowest BCUT2D eigenvalue weighted by molar-refractivity contribution is -0.123. The highest BCUT2D eigenvalue weighted by Crippen LogP contribution is 2.37. The molecule has 1 aliphatic heterocycles. The van der Waals surface area contributed by atoms with Gasteiger partial charge in [-0.25, -0.2) is 0 Å². The van der Waals surface area contributed by atoms with Gasteiger partial charge >= 0.3 is 0 Å². The van der Waals surface area contributed by atoms with Crippen LogP contribution in [0.15, 0.2) is 0 Å². The smallest absolute Gasteiger partial charge is 0.236 e. The summed E-state index contributed by atoms with van der Waals surface area (Å²) in [6.07, 6.45) is 7.85. The molecule has 4 atom stereocenters. The van der Waals surface area contributed by atoms with E-state index in [1.165, 1.54) is 32.1 Å². The molecule has 2 fully saturated rings. The summed E-state index contributed by atoms with van der Waals surface area (Å²) in [5.74, 6) is 2.69. The maximum atomic E-state index is 11.7. The van der Waals surface area contributed by atoms with Crippen molar-refractivity contribution in [1.29, 1.82) is 0 Å². The van der Waals surface area contributed by atoms with Gasteiger partial charge in [-0.1, -0.05) is 26.2 Å². The third-order valence-electron chi connectivity index (χ3n) is 4.65. The van der Waals surface area contributed by atoms with Crippen LogP contribution in [0.5, 0.6) is 0 Å². The van der Waals surface area contributed by atoms with Crippen molar-refractivity contribution in [3.63, 3.8) is 0 Å². The van der Waals surface area contributed by atoms with Crippen LogP contribution in [0, 0.1) is 17.8 Å². The maximum Gasteiger partial charge on any atom is 0.236 e. The molecule has 4 unspecified atom stereocenters. The summed E-state index contributed by atoms with van der Waals surface area (Å²) in [5, 5.41) is 6.10. The summed E-state index contributed by atoms with van der Waals surface area (Å²) >= 11 is 0. The zero-order chi connectivity index (χ0) is 12.3. The van der Waals surface area contributed by atoms with Crippen molar-refractivity contribution in [2.24, 2.45) is 17.8 Å². The van der Waals surface area contributed by atoms with Crippen LogP contribution in [0.4, 0.5) is 0 Å². The summed E-state index contributed by atoms with van der Waals surface area (Å²) in [5.41, 5.74) is 0. The molecule has 98 valence electrons. The van der Waals surface area contributed by atoms with Gasteiger partial charge < -0.3 is 10.6 Å². The molecule has 1 saturated carbocycles. The van der Waals surface area contributed by atoms with Gasteiger partial charge in [-0.05, 0) is 43.6 Å². The van der Waals surface area contributed by atoms with Crippen LogP contribution in [0.1, 0.15) is 45.4 Å². The molecular weight excluding hydrogens is 212 g/mol. The Hall–Kier alpha value is -0.570. The Kier molecular flexibility index (Phi) is 4.43. The minimum absolute atomic E-state index is 0.0518. The number of hydrogen-bond donors (Lipinski definition) is 2. The molecular formula is C14H26N2O. The van der Waals surface area contributed by atoms with Crippen LogP contribution in [-0.4, -0.2) is 25.5 Å². The lowest BCUT2D eigenvalue weighted by atomic mass is 9.71. The molecule has 17 heavy (non-hydrogen) atoms. The zero-order valence-electron chi connectivity index (χ0n) is 11.2. The molecule has 1 aliphatic carbocycles. The van der Waals surface area contributed by atoms with E-state index in [9.17, 15) is 4.79 Å². The van der Waals surface area contributed by atoms with Gasteiger partial charge in [-0.2, -0.15) is 0 Å². The molecule has 1 amide bonds. The molecule has 2 N–H and O–H groups in total. The predicted octanol–water partition coefficient (Wildman–Crippen LogP) is 1.93. The highest BCUT2D eigenvalue weighted by Gasteiger charge is 2.32. The van der Waals surface area contributed by atoms with Gasteiger partial charge in [0.15, 0.2) is 0 Å². The molecule has 1 heterocycles. The number of hydrogen-bond acceptors (Lipinski definition) is 2. The fourth-order valence-electron chi connectivity index (χ4n) is 3.66. The molecule has 0 aromatic carbocycles. The van der Waals surface area contributed by atoms with E-state index in [4.69, 9.17) is 0 Å². The molecule has 2 rings (SSSR count). The molecule has 0 aromatic rings. The van der Waals surface area contributed by atoms with Crippen LogP contribution in [-0.2, 0) is 4.79 Å². The molecule has 3 nitrogen and oxygen atoms in total. The van der Waals surface area contributed by atoms with E-state index in [1.807, 2.05) is 0 Å². The molecule has 0 aromatic heterocycles. The molecule has 1 saturated heterocycles. The summed E-state index contributed by atoms with van der Waals surface area (Å²) in [7, 11) is 1.73. The lowest BCUT2D eigenvalue weighted by Crippen LogP contribution is -2.49. The second-order valence-electron chi connectivity index (χ2n) is 5.94. The van der Waals surface area contributed by atoms with Gasteiger partial charge in [0.1, 0.15) is 0 Å². The van der Waals surface area contributed by atoms with Gasteiger partial charge in [-0.3, -0.25) is 4.79 Å². The number of carbonyl (C=O) groups excluding carboxylic acids is 1. The quantitative estimate of drug-likeness (QED) is 0.772. The van der Waals surface area contributed by atoms with E-state index in [1.54, 1.807) is 7.05 Å². The van der Waals surface area contributed by atoms with E-state index in [0.29, 0.717) is 0 Å². The Morgan fingerprint density at radius 2 is 1.94 bits per heavy atom. The summed E-state index contributed by atoms with van der Waals surface area (Å²) < 4.78 is 0. The third kappa shape index (κ3) is 3.21. The lowest BCUT2D eigenvalue weighted by Gasteiger charge is -2.38. The first-order valence-electron chi connectivity index (χ1n) is 7.15. The Bertz CT molecular complexity index is 267. The van der Waals surface area contributed by atoms with Crippen molar-refractivity contribution in [1.82, 2.24) is 10.6 Å². The van der Waals surface area contributed by atoms with Crippen molar-refractivity contribution in [3.05, 3.63) is 0 Å². The fourth-order valence-corrected chi connectivity index (χ4v) is 3.66. The number of carbonyl (C=O) groups is 1. The Labute approximate surface area is 105 Å². The van der Waals surface area contributed by atoms with Gasteiger partial charge in [-0.15, -0.1) is 0 Å². The monoisotopic (exact) mass is 238 g/mol. The van der Waals surface area contributed by atoms with E-state index in [2.05, 4.69) is 17.6 Å². The molecule has 0 radical (unpaired) electrons. The standard InChI is InChI=1S/C14H26N2O/c1-10-4-3-5-11(8-10)12-6-7-16-13(9-12)14(17)15-2/h10-13,16H,3-9H2,1-2H3,(H,15,17). The molecule has 3 heteroatoms. The summed E-state index contributed by atoms with van der Waals surface area (Å²) in [6, 6.07) is 0.0518. The number of likely N-dealkylation sites (N-methyl/N-ethyl adjacent to an activating group) is 1. The van der Waals surface area contributed by atoms with Crippen LogP contribution in [0.3, 0.4) is 0 Å². The summed E-state index contributed by atoms with van der Waals surface area (Å²) in [4.78, 5) is 11.7. The number of nitrogens with one attached hydrogen (secondary N) is 2. The Morgan fingerprint density at radius 1 is 1.18 bits per heavy atom. The SMILES string of the molecule is CNC(=O)C1CC(C2CCCC(C)C2)CCN1. The van der Waals surface area contributed by atoms with E-state index >= 15 is 0 Å². The fraction of sp³-hybridized carbons (Fsp3) is 0.929. The third-order valence-corrected chi connectivity index (χ3v) is 4.65. The molecule has 2 aliphatic rings. The minimum Gasteiger partial charge on any atom is -0.358 e. The van der Waals surface area contributed by atoms with Crippen molar-refractivity contribution in [2.75, 3.05) is 13.6 Å². The average Bonchev–Trinajstić information content (AvgIpc) is 2.38. The minimum atomic E-state index is 0.0518. The van der Waals surface area contributed by atoms with Gasteiger partial charge in [0, 0.05) is 7.05 Å². The van der Waals surface area contributed by atoms with Crippen molar-refractivity contribution < 1.29 is 4.79 Å². The van der Waals surface area contributed by atoms with Gasteiger partial charge in [0.05, 0.1) is 6.04 Å². The van der Waals surface area contributed by atoms with E-state index in [0.717, 1.165) is 30.7 Å². The Morgan fingerprint density at radius 3 is 2.65 bits per heavy atom. The van der Waals surface area contributed by atoms with Gasteiger partial charge in [0.2, 0.25) is 5.91 Å². The molecule has 0 spiro atoms. The number of rotatable bonds is 2. The summed E-state index contributed by atoms with van der Waals surface area (Å²) in [6.45, 7) is 3.39. The van der Waals surface area contributed by atoms with Crippen LogP contribution in [0.25, 0.3) is 0 Å². The maximum absolute atomic E-state index is 11.7. The zero-order valence-corrected chi connectivity index (χ0v) is 11.2. The van der Waals surface area contributed by atoms with E-state index in [-0.39, 0.29) is 11.9 Å². The number of amides is 1. The van der Waals surface area contributed by atoms with Crippen LogP contribution >= 0.6 is 0 Å². The number of piperidine rings is 1. The second-order valence-corrected chi connectivity index (χ2v) is 5.94. The first-order chi connectivity index (χ1) is 8.20. The Balaban J connectivity index is 1.90. The first-order valence-corrected chi connectivity index (χ1v) is 7.15. The van der Waals surface area contributed by atoms with Crippen molar-refractivity contribution in [3.8, 4) is 0 Å². The van der Waals surface area contributed by atoms with Gasteiger partial charge in [0.25, 0.3) is 0 Å². The van der Waals surface area contributed by atoms with Crippen molar-refractivity contribution >= 4 is 5.91 Å². The second kappa shape index (κ2) is 5.85. The normalized spacial score (nSPS) is 38.7. The first kappa shape index (κ1) is 12.9. The predicted molar refractivity (Wildman–Crippen MR) is 69.7 cm³/mol. The van der Waals surface area contributed by atoms with Crippen molar-refractivity contribution in [2.45, 2.75) is 51.5 Å². The topological polar surface area (TPSA) is 41.1 Å².